The standard InChI is InChI=1S/C16H22N4O3.ClH/c1-11-9-18-20(16(11)19-15(21)6-7-17)10-12-4-5-13(22-2)14(8-12)23-3;/h4-5,8-9H,6-7,10,17H2,1-3H3,(H,19,21);1H. The largest absolute Gasteiger partial charge is 0.493 e. The van der Waals surface area contributed by atoms with Gasteiger partial charge in [0.2, 0.25) is 5.91 Å². The molecule has 1 amide bonds. The Bertz CT molecular complexity index is 688. The average Bonchev–Trinajstić information content (AvgIpc) is 2.88. The van der Waals surface area contributed by atoms with Gasteiger partial charge in [0.25, 0.3) is 0 Å². The third kappa shape index (κ3) is 4.62. The fourth-order valence-electron chi connectivity index (χ4n) is 2.24. The van der Waals surface area contributed by atoms with Gasteiger partial charge in [0.05, 0.1) is 27.0 Å². The van der Waals surface area contributed by atoms with Crippen molar-refractivity contribution in [3.8, 4) is 11.5 Å². The maximum atomic E-state index is 11.8. The lowest BCUT2D eigenvalue weighted by Crippen LogP contribution is -2.19. The first-order valence-electron chi connectivity index (χ1n) is 7.32. The molecule has 3 N–H and O–H groups in total. The van der Waals surface area contributed by atoms with Crippen molar-refractivity contribution in [2.24, 2.45) is 5.73 Å². The zero-order valence-corrected chi connectivity index (χ0v) is 14.9. The molecule has 24 heavy (non-hydrogen) atoms. The Kier molecular flexibility index (Phi) is 7.54. The number of hydrogen-bond donors (Lipinski definition) is 2. The number of carbonyl (C=O) groups excluding carboxylic acids is 1. The number of anilines is 1. The normalized spacial score (nSPS) is 10.0. The molecule has 1 aromatic heterocycles. The number of halogens is 1. The molecule has 1 heterocycles. The van der Waals surface area contributed by atoms with Crippen LogP contribution in [-0.4, -0.2) is 36.5 Å². The molecule has 0 fully saturated rings. The topological polar surface area (TPSA) is 91.4 Å². The number of hydrogen-bond acceptors (Lipinski definition) is 5. The van der Waals surface area contributed by atoms with E-state index in [2.05, 4.69) is 10.4 Å². The van der Waals surface area contributed by atoms with Gasteiger partial charge < -0.3 is 20.5 Å². The van der Waals surface area contributed by atoms with E-state index < -0.39 is 0 Å². The van der Waals surface area contributed by atoms with Gasteiger partial charge in [0.1, 0.15) is 5.82 Å². The molecule has 132 valence electrons. The highest BCUT2D eigenvalue weighted by Crippen LogP contribution is 2.28. The maximum Gasteiger partial charge on any atom is 0.226 e. The number of aryl methyl sites for hydroxylation is 1. The lowest BCUT2D eigenvalue weighted by atomic mass is 10.2. The number of nitrogens with two attached hydrogens (primary N) is 1. The average molecular weight is 355 g/mol. The lowest BCUT2D eigenvalue weighted by molar-refractivity contribution is -0.116. The highest BCUT2D eigenvalue weighted by atomic mass is 35.5. The molecular weight excluding hydrogens is 332 g/mol. The molecule has 7 nitrogen and oxygen atoms in total. The Labute approximate surface area is 147 Å². The van der Waals surface area contributed by atoms with Gasteiger partial charge in [-0.2, -0.15) is 5.10 Å². The first-order chi connectivity index (χ1) is 11.1. The van der Waals surface area contributed by atoms with Crippen LogP contribution in [-0.2, 0) is 11.3 Å². The van der Waals surface area contributed by atoms with Crippen molar-refractivity contribution >= 4 is 24.1 Å². The van der Waals surface area contributed by atoms with Crippen LogP contribution in [0.3, 0.4) is 0 Å². The fraction of sp³-hybridized carbons (Fsp3) is 0.375. The summed E-state index contributed by atoms with van der Waals surface area (Å²) >= 11 is 0. The second-order valence-corrected chi connectivity index (χ2v) is 5.11. The van der Waals surface area contributed by atoms with Gasteiger partial charge in [-0.1, -0.05) is 6.07 Å². The van der Waals surface area contributed by atoms with Crippen LogP contribution in [0.1, 0.15) is 17.5 Å². The molecule has 0 saturated heterocycles. The third-order valence-corrected chi connectivity index (χ3v) is 3.43. The monoisotopic (exact) mass is 354 g/mol. The molecule has 0 aliphatic carbocycles. The van der Waals surface area contributed by atoms with E-state index in [4.69, 9.17) is 15.2 Å². The predicted molar refractivity (Wildman–Crippen MR) is 95.2 cm³/mol. The Morgan fingerprint density at radius 1 is 1.29 bits per heavy atom. The summed E-state index contributed by atoms with van der Waals surface area (Å²) in [7, 11) is 3.19. The van der Waals surface area contributed by atoms with Crippen LogP contribution in [0.15, 0.2) is 24.4 Å². The number of amides is 1. The Balaban J connectivity index is 0.00000288. The molecule has 0 atom stereocenters. The SMILES string of the molecule is COc1ccc(Cn2ncc(C)c2NC(=O)CCN)cc1OC.Cl. The number of carbonyl (C=O) groups is 1. The summed E-state index contributed by atoms with van der Waals surface area (Å²) in [5, 5.41) is 7.18. The van der Waals surface area contributed by atoms with Crippen molar-refractivity contribution in [3.63, 3.8) is 0 Å². The van der Waals surface area contributed by atoms with Crippen molar-refractivity contribution in [3.05, 3.63) is 35.5 Å². The van der Waals surface area contributed by atoms with Crippen LogP contribution in [0, 0.1) is 6.92 Å². The molecule has 0 radical (unpaired) electrons. The number of methoxy groups -OCH3 is 2. The van der Waals surface area contributed by atoms with Gasteiger partial charge in [0, 0.05) is 18.5 Å². The molecule has 0 spiro atoms. The minimum Gasteiger partial charge on any atom is -0.493 e. The summed E-state index contributed by atoms with van der Waals surface area (Å²) in [4.78, 5) is 11.8. The summed E-state index contributed by atoms with van der Waals surface area (Å²) < 4.78 is 12.3. The Morgan fingerprint density at radius 2 is 2.00 bits per heavy atom. The van der Waals surface area contributed by atoms with E-state index in [0.717, 1.165) is 11.1 Å². The molecule has 2 aromatic rings. The van der Waals surface area contributed by atoms with Crippen LogP contribution >= 0.6 is 12.4 Å². The number of rotatable bonds is 7. The van der Waals surface area contributed by atoms with E-state index in [1.165, 1.54) is 0 Å². The molecule has 0 aliphatic heterocycles. The van der Waals surface area contributed by atoms with Gasteiger partial charge in [-0.05, 0) is 24.6 Å². The zero-order chi connectivity index (χ0) is 16.8. The van der Waals surface area contributed by atoms with Crippen LogP contribution < -0.4 is 20.5 Å². The summed E-state index contributed by atoms with van der Waals surface area (Å²) in [6, 6.07) is 5.67. The molecule has 2 rings (SSSR count). The number of nitrogens with zero attached hydrogens (tertiary/aromatic N) is 2. The quantitative estimate of drug-likeness (QED) is 0.793. The van der Waals surface area contributed by atoms with Gasteiger partial charge in [-0.3, -0.25) is 4.79 Å². The van der Waals surface area contributed by atoms with Crippen LogP contribution in [0.4, 0.5) is 5.82 Å². The molecular formula is C16H23ClN4O3. The first-order valence-corrected chi connectivity index (χ1v) is 7.32. The lowest BCUT2D eigenvalue weighted by Gasteiger charge is -2.12. The molecule has 1 aromatic carbocycles. The minimum absolute atomic E-state index is 0. The minimum atomic E-state index is -0.121. The summed E-state index contributed by atoms with van der Waals surface area (Å²) in [6.07, 6.45) is 2.00. The number of aromatic nitrogens is 2. The van der Waals surface area contributed by atoms with Gasteiger partial charge >= 0.3 is 0 Å². The molecule has 0 bridgehead atoms. The van der Waals surface area contributed by atoms with Crippen LogP contribution in [0.25, 0.3) is 0 Å². The predicted octanol–water partition coefficient (Wildman–Crippen LogP) is 1.97. The van der Waals surface area contributed by atoms with Crippen molar-refractivity contribution < 1.29 is 14.3 Å². The maximum absolute atomic E-state index is 11.8. The smallest absolute Gasteiger partial charge is 0.226 e. The highest BCUT2D eigenvalue weighted by molar-refractivity contribution is 5.90. The first kappa shape index (κ1) is 19.8. The summed E-state index contributed by atoms with van der Waals surface area (Å²) in [6.45, 7) is 2.72. The zero-order valence-electron chi connectivity index (χ0n) is 14.0. The molecule has 8 heteroatoms. The van der Waals surface area contributed by atoms with E-state index in [1.54, 1.807) is 25.1 Å². The second kappa shape index (κ2) is 9.14. The van der Waals surface area contributed by atoms with E-state index in [0.29, 0.717) is 30.4 Å². The van der Waals surface area contributed by atoms with Gasteiger partial charge in [0.15, 0.2) is 11.5 Å². The summed E-state index contributed by atoms with van der Waals surface area (Å²) in [5.41, 5.74) is 7.29. The van der Waals surface area contributed by atoms with Gasteiger partial charge in [-0.25, -0.2) is 4.68 Å². The van der Waals surface area contributed by atoms with E-state index >= 15 is 0 Å². The number of ether oxygens (including phenoxy) is 2. The van der Waals surface area contributed by atoms with Crippen molar-refractivity contribution in [2.45, 2.75) is 19.9 Å². The molecule has 0 saturated carbocycles. The molecule has 0 aliphatic rings. The van der Waals surface area contributed by atoms with Crippen LogP contribution in [0.5, 0.6) is 11.5 Å². The third-order valence-electron chi connectivity index (χ3n) is 3.43. The van der Waals surface area contributed by atoms with Crippen molar-refractivity contribution in [1.82, 2.24) is 9.78 Å². The van der Waals surface area contributed by atoms with E-state index in [-0.39, 0.29) is 24.7 Å². The van der Waals surface area contributed by atoms with Crippen molar-refractivity contribution in [1.29, 1.82) is 0 Å². The molecule has 0 unspecified atom stereocenters. The number of nitrogens with one attached hydrogen (secondary N) is 1. The number of benzene rings is 1. The van der Waals surface area contributed by atoms with Crippen LogP contribution in [0.2, 0.25) is 0 Å². The highest BCUT2D eigenvalue weighted by Gasteiger charge is 2.12. The van der Waals surface area contributed by atoms with Crippen molar-refractivity contribution in [2.75, 3.05) is 26.1 Å². The second-order valence-electron chi connectivity index (χ2n) is 5.11. The van der Waals surface area contributed by atoms with E-state index in [9.17, 15) is 4.79 Å². The summed E-state index contributed by atoms with van der Waals surface area (Å²) in [5.74, 6) is 1.88. The van der Waals surface area contributed by atoms with E-state index in [1.807, 2.05) is 25.1 Å². The van der Waals surface area contributed by atoms with Gasteiger partial charge in [-0.15, -0.1) is 12.4 Å². The Hall–Kier alpha value is -2.25. The fourth-order valence-corrected chi connectivity index (χ4v) is 2.24. The Morgan fingerprint density at radius 3 is 2.62 bits per heavy atom.